The zero-order chi connectivity index (χ0) is 13.2. The van der Waals surface area contributed by atoms with E-state index in [2.05, 4.69) is 12.3 Å². The molecule has 0 radical (unpaired) electrons. The summed E-state index contributed by atoms with van der Waals surface area (Å²) in [7, 11) is -1.17. The average Bonchev–Trinajstić information content (AvgIpc) is 2.43. The summed E-state index contributed by atoms with van der Waals surface area (Å²) >= 11 is 0. The van der Waals surface area contributed by atoms with Gasteiger partial charge in [-0.2, -0.15) is 0 Å². The van der Waals surface area contributed by atoms with Crippen LogP contribution < -0.4 is 0 Å². The van der Waals surface area contributed by atoms with Gasteiger partial charge >= 0.3 is 0 Å². The average molecular weight is 262 g/mol. The van der Waals surface area contributed by atoms with Crippen molar-refractivity contribution in [3.63, 3.8) is 0 Å². The molecule has 1 unspecified atom stereocenters. The third-order valence-corrected chi connectivity index (χ3v) is 3.88. The van der Waals surface area contributed by atoms with Gasteiger partial charge in [0.2, 0.25) is 0 Å². The number of aliphatic hydroxyl groups is 1. The van der Waals surface area contributed by atoms with Crippen LogP contribution in [0.2, 0.25) is 0 Å². The second-order valence-electron chi connectivity index (χ2n) is 3.70. The molecule has 0 amide bonds. The predicted molar refractivity (Wildman–Crippen MR) is 75.6 cm³/mol. The lowest BCUT2D eigenvalue weighted by Crippen LogP contribution is -1.95. The maximum atomic E-state index is 12.2. The van der Waals surface area contributed by atoms with E-state index in [-0.39, 0.29) is 6.61 Å². The normalized spacial score (nSPS) is 12.3. The van der Waals surface area contributed by atoms with Gasteiger partial charge in [0.15, 0.2) is 0 Å². The molecule has 0 aliphatic heterocycles. The lowest BCUT2D eigenvalue weighted by molar-refractivity contribution is 0.302. The molecule has 18 heavy (non-hydrogen) atoms. The molecule has 2 nitrogen and oxygen atoms in total. The van der Waals surface area contributed by atoms with E-state index in [1.54, 1.807) is 0 Å². The zero-order valence-electron chi connectivity index (χ0n) is 10.3. The first-order chi connectivity index (χ1) is 8.79. The largest absolute Gasteiger partial charge is 0.396 e. The fourth-order valence-corrected chi connectivity index (χ4v) is 2.58. The maximum Gasteiger partial charge on any atom is 0.0886 e. The Morgan fingerprint density at radius 3 is 2.56 bits per heavy atom. The minimum Gasteiger partial charge on any atom is -0.396 e. The minimum absolute atomic E-state index is 0.163. The molecule has 0 aromatic heterocycles. The number of hydrogen-bond acceptors (Lipinski definition) is 2. The smallest absolute Gasteiger partial charge is 0.0886 e. The van der Waals surface area contributed by atoms with Crippen LogP contribution in [-0.2, 0) is 10.8 Å². The highest BCUT2D eigenvalue weighted by Crippen LogP contribution is 2.17. The Morgan fingerprint density at radius 2 is 1.94 bits per heavy atom. The molecule has 96 valence electrons. The van der Waals surface area contributed by atoms with Crippen molar-refractivity contribution in [2.75, 3.05) is 6.61 Å². The van der Waals surface area contributed by atoms with E-state index >= 15 is 0 Å². The molecule has 0 heterocycles. The van der Waals surface area contributed by atoms with Crippen molar-refractivity contribution in [2.45, 2.75) is 24.2 Å². The standard InChI is InChI=1S/C15H18O2S/c1-2-14(10-6-3-4-9-13-16)18(17)15-11-7-5-8-12-15/h3-5,7-8,11-12,16H,1,6,9-10,13H2/b4-3-. The SMILES string of the molecule is C=C=C(CC/C=C\CCO)S(=O)c1ccccc1. The molecular formula is C15H18O2S. The van der Waals surface area contributed by atoms with Crippen molar-refractivity contribution >= 4 is 10.8 Å². The molecule has 0 aliphatic rings. The molecule has 1 aromatic rings. The summed E-state index contributed by atoms with van der Waals surface area (Å²) in [6.45, 7) is 3.77. The summed E-state index contributed by atoms with van der Waals surface area (Å²) in [5.41, 5.74) is 2.77. The van der Waals surface area contributed by atoms with E-state index in [9.17, 15) is 4.21 Å². The third-order valence-electron chi connectivity index (χ3n) is 2.38. The van der Waals surface area contributed by atoms with Crippen LogP contribution in [0, 0.1) is 0 Å². The Morgan fingerprint density at radius 1 is 1.28 bits per heavy atom. The number of allylic oxidation sites excluding steroid dienone is 2. The van der Waals surface area contributed by atoms with Crippen molar-refractivity contribution in [3.05, 3.63) is 59.7 Å². The summed E-state index contributed by atoms with van der Waals surface area (Å²) < 4.78 is 12.2. The van der Waals surface area contributed by atoms with E-state index in [0.717, 1.165) is 16.2 Å². The van der Waals surface area contributed by atoms with Crippen LogP contribution in [0.25, 0.3) is 0 Å². The second kappa shape index (κ2) is 8.65. The van der Waals surface area contributed by atoms with Crippen molar-refractivity contribution in [3.8, 4) is 0 Å². The first kappa shape index (κ1) is 14.7. The predicted octanol–water partition coefficient (Wildman–Crippen LogP) is 3.18. The van der Waals surface area contributed by atoms with E-state index in [0.29, 0.717) is 12.8 Å². The van der Waals surface area contributed by atoms with Crippen molar-refractivity contribution in [1.29, 1.82) is 0 Å². The molecule has 0 aliphatic carbocycles. The van der Waals surface area contributed by atoms with Crippen molar-refractivity contribution in [2.24, 2.45) is 0 Å². The molecule has 3 heteroatoms. The van der Waals surface area contributed by atoms with Crippen LogP contribution in [0.3, 0.4) is 0 Å². The zero-order valence-corrected chi connectivity index (χ0v) is 11.2. The van der Waals surface area contributed by atoms with Gasteiger partial charge in [-0.1, -0.05) is 36.9 Å². The topological polar surface area (TPSA) is 37.3 Å². The molecule has 0 bridgehead atoms. The maximum absolute atomic E-state index is 12.2. The summed E-state index contributed by atoms with van der Waals surface area (Å²) in [6, 6.07) is 9.32. The Balaban J connectivity index is 2.58. The number of hydrogen-bond donors (Lipinski definition) is 1. The van der Waals surface area contributed by atoms with E-state index in [1.165, 1.54) is 0 Å². The second-order valence-corrected chi connectivity index (χ2v) is 5.21. The first-order valence-electron chi connectivity index (χ1n) is 5.91. The quantitative estimate of drug-likeness (QED) is 0.605. The molecule has 1 atom stereocenters. The first-order valence-corrected chi connectivity index (χ1v) is 7.06. The van der Waals surface area contributed by atoms with E-state index < -0.39 is 10.8 Å². The molecule has 0 saturated heterocycles. The summed E-state index contributed by atoms with van der Waals surface area (Å²) in [6.07, 6.45) is 6.03. The molecule has 1 N–H and O–H groups in total. The Bertz CT molecular complexity index is 457. The van der Waals surface area contributed by atoms with Gasteiger partial charge in [0.25, 0.3) is 0 Å². The molecule has 0 saturated carbocycles. The van der Waals surface area contributed by atoms with Gasteiger partial charge in [0.05, 0.1) is 15.7 Å². The van der Waals surface area contributed by atoms with Crippen LogP contribution in [0.4, 0.5) is 0 Å². The summed E-state index contributed by atoms with van der Waals surface area (Å²) in [5, 5.41) is 8.63. The fourth-order valence-electron chi connectivity index (χ4n) is 1.46. The number of aliphatic hydroxyl groups excluding tert-OH is 1. The Kier molecular flexibility index (Phi) is 7.04. The van der Waals surface area contributed by atoms with Crippen LogP contribution in [0.5, 0.6) is 0 Å². The van der Waals surface area contributed by atoms with Crippen LogP contribution in [0.15, 0.2) is 64.6 Å². The molecule has 0 fully saturated rings. The van der Waals surface area contributed by atoms with Gasteiger partial charge in [0.1, 0.15) is 0 Å². The lowest BCUT2D eigenvalue weighted by atomic mass is 10.2. The highest BCUT2D eigenvalue weighted by Gasteiger charge is 2.08. The number of benzene rings is 1. The van der Waals surface area contributed by atoms with Crippen molar-refractivity contribution < 1.29 is 9.32 Å². The minimum atomic E-state index is -1.17. The third kappa shape index (κ3) is 4.84. The highest BCUT2D eigenvalue weighted by atomic mass is 32.2. The number of rotatable bonds is 7. The van der Waals surface area contributed by atoms with Crippen LogP contribution >= 0.6 is 0 Å². The molecule has 1 aromatic carbocycles. The summed E-state index contributed by atoms with van der Waals surface area (Å²) in [5.74, 6) is 0. The van der Waals surface area contributed by atoms with Crippen molar-refractivity contribution in [1.82, 2.24) is 0 Å². The highest BCUT2D eigenvalue weighted by molar-refractivity contribution is 7.89. The van der Waals surface area contributed by atoms with E-state index in [1.807, 2.05) is 42.5 Å². The van der Waals surface area contributed by atoms with Crippen LogP contribution in [0.1, 0.15) is 19.3 Å². The monoisotopic (exact) mass is 262 g/mol. The van der Waals surface area contributed by atoms with Gasteiger partial charge in [-0.15, -0.1) is 5.73 Å². The van der Waals surface area contributed by atoms with Crippen LogP contribution in [-0.4, -0.2) is 15.9 Å². The van der Waals surface area contributed by atoms with Gasteiger partial charge in [-0.05, 0) is 31.4 Å². The van der Waals surface area contributed by atoms with Gasteiger partial charge in [-0.3, -0.25) is 0 Å². The van der Waals surface area contributed by atoms with Gasteiger partial charge in [0, 0.05) is 11.5 Å². The van der Waals surface area contributed by atoms with Gasteiger partial charge in [-0.25, -0.2) is 4.21 Å². The van der Waals surface area contributed by atoms with E-state index in [4.69, 9.17) is 5.11 Å². The van der Waals surface area contributed by atoms with Gasteiger partial charge < -0.3 is 5.11 Å². The lowest BCUT2D eigenvalue weighted by Gasteiger charge is -2.03. The summed E-state index contributed by atoms with van der Waals surface area (Å²) in [4.78, 5) is 1.50. The fraction of sp³-hybridized carbons (Fsp3) is 0.267. The Labute approximate surface area is 111 Å². The molecule has 0 spiro atoms. The molecule has 1 rings (SSSR count). The Hall–Kier alpha value is -1.41. The molecular weight excluding hydrogens is 244 g/mol.